The number of amides is 1. The summed E-state index contributed by atoms with van der Waals surface area (Å²) >= 11 is 3.01. The van der Waals surface area contributed by atoms with E-state index in [0.29, 0.717) is 11.0 Å². The van der Waals surface area contributed by atoms with Crippen LogP contribution in [-0.4, -0.2) is 19.0 Å². The second-order valence-electron chi connectivity index (χ2n) is 4.47. The maximum Gasteiger partial charge on any atom is 0.418 e. The molecule has 0 aliphatic carbocycles. The molecule has 1 amide bonds. The number of nitrogens with two attached hydrogens (primary N) is 1. The molecule has 1 aliphatic heterocycles. The Labute approximate surface area is 116 Å². The van der Waals surface area contributed by atoms with E-state index in [1.807, 2.05) is 0 Å². The second kappa shape index (κ2) is 5.13. The molecule has 1 fully saturated rings. The van der Waals surface area contributed by atoms with Crippen LogP contribution in [0.5, 0.6) is 0 Å². The highest BCUT2D eigenvalue weighted by Gasteiger charge is 2.38. The van der Waals surface area contributed by atoms with Gasteiger partial charge in [-0.15, -0.1) is 0 Å². The molecule has 0 radical (unpaired) electrons. The standard InChI is InChI=1S/C12H12BrF3N2O/c13-8-1-2-10(9(4-8)12(14,15)16)18-6-7(5-17)3-11(18)19/h1-2,4,7H,3,5-6,17H2. The van der Waals surface area contributed by atoms with Crippen LogP contribution in [0.3, 0.4) is 0 Å². The molecule has 1 aromatic carbocycles. The lowest BCUT2D eigenvalue weighted by Gasteiger charge is -2.22. The van der Waals surface area contributed by atoms with E-state index in [-0.39, 0.29) is 30.5 Å². The zero-order chi connectivity index (χ0) is 14.2. The Kier molecular flexibility index (Phi) is 3.87. The van der Waals surface area contributed by atoms with E-state index in [2.05, 4.69) is 15.9 Å². The van der Waals surface area contributed by atoms with Gasteiger partial charge >= 0.3 is 6.18 Å². The maximum atomic E-state index is 13.0. The fourth-order valence-electron chi connectivity index (χ4n) is 2.14. The van der Waals surface area contributed by atoms with Crippen LogP contribution >= 0.6 is 15.9 Å². The molecule has 19 heavy (non-hydrogen) atoms. The first-order chi connectivity index (χ1) is 8.82. The number of carbonyl (C=O) groups is 1. The van der Waals surface area contributed by atoms with Crippen molar-refractivity contribution in [2.45, 2.75) is 12.6 Å². The minimum atomic E-state index is -4.50. The third-order valence-electron chi connectivity index (χ3n) is 3.09. The number of hydrogen-bond acceptors (Lipinski definition) is 2. The van der Waals surface area contributed by atoms with E-state index >= 15 is 0 Å². The van der Waals surface area contributed by atoms with E-state index in [0.717, 1.165) is 6.07 Å². The highest BCUT2D eigenvalue weighted by molar-refractivity contribution is 9.10. The number of benzene rings is 1. The predicted molar refractivity (Wildman–Crippen MR) is 68.7 cm³/mol. The van der Waals surface area contributed by atoms with E-state index in [4.69, 9.17) is 5.73 Å². The minimum Gasteiger partial charge on any atom is -0.330 e. The van der Waals surface area contributed by atoms with Crippen molar-refractivity contribution in [1.82, 2.24) is 0 Å². The molecular weight excluding hydrogens is 325 g/mol. The van der Waals surface area contributed by atoms with Crippen LogP contribution in [-0.2, 0) is 11.0 Å². The first kappa shape index (κ1) is 14.3. The monoisotopic (exact) mass is 336 g/mol. The second-order valence-corrected chi connectivity index (χ2v) is 5.39. The van der Waals surface area contributed by atoms with Crippen LogP contribution < -0.4 is 10.6 Å². The van der Waals surface area contributed by atoms with Gasteiger partial charge in [-0.2, -0.15) is 13.2 Å². The van der Waals surface area contributed by atoms with Crippen LogP contribution in [0.2, 0.25) is 0 Å². The summed E-state index contributed by atoms with van der Waals surface area (Å²) in [5.74, 6) is -0.402. The largest absolute Gasteiger partial charge is 0.418 e. The van der Waals surface area contributed by atoms with Crippen LogP contribution in [0.15, 0.2) is 22.7 Å². The van der Waals surface area contributed by atoms with Crippen molar-refractivity contribution in [2.75, 3.05) is 18.0 Å². The van der Waals surface area contributed by atoms with Crippen molar-refractivity contribution in [3.63, 3.8) is 0 Å². The van der Waals surface area contributed by atoms with Crippen LogP contribution in [0, 0.1) is 5.92 Å². The number of hydrogen-bond donors (Lipinski definition) is 1. The Morgan fingerprint density at radius 1 is 1.42 bits per heavy atom. The summed E-state index contributed by atoms with van der Waals surface area (Å²) in [6.45, 7) is 0.528. The number of halogens is 4. The smallest absolute Gasteiger partial charge is 0.330 e. The Hall–Kier alpha value is -1.08. The molecule has 104 valence electrons. The molecule has 0 saturated carbocycles. The first-order valence-electron chi connectivity index (χ1n) is 5.70. The summed E-state index contributed by atoms with van der Waals surface area (Å²) < 4.78 is 39.3. The summed E-state index contributed by atoms with van der Waals surface area (Å²) in [4.78, 5) is 13.0. The first-order valence-corrected chi connectivity index (χ1v) is 6.49. The Morgan fingerprint density at radius 2 is 2.11 bits per heavy atom. The van der Waals surface area contributed by atoms with Gasteiger partial charge in [0.05, 0.1) is 11.3 Å². The van der Waals surface area contributed by atoms with Crippen LogP contribution in [0.1, 0.15) is 12.0 Å². The molecule has 1 atom stereocenters. The highest BCUT2D eigenvalue weighted by Crippen LogP contribution is 2.39. The van der Waals surface area contributed by atoms with Gasteiger partial charge in [-0.3, -0.25) is 4.79 Å². The Balaban J connectivity index is 2.43. The van der Waals surface area contributed by atoms with Crippen molar-refractivity contribution >= 4 is 27.5 Å². The van der Waals surface area contributed by atoms with Gasteiger partial charge in [0.25, 0.3) is 0 Å². The van der Waals surface area contributed by atoms with Gasteiger partial charge in [-0.05, 0) is 30.7 Å². The molecule has 0 spiro atoms. The zero-order valence-corrected chi connectivity index (χ0v) is 11.5. The van der Waals surface area contributed by atoms with Gasteiger partial charge in [-0.1, -0.05) is 15.9 Å². The number of rotatable bonds is 2. The third-order valence-corrected chi connectivity index (χ3v) is 3.59. The highest BCUT2D eigenvalue weighted by atomic mass is 79.9. The summed E-state index contributed by atoms with van der Waals surface area (Å²) in [6, 6.07) is 3.79. The number of alkyl halides is 3. The van der Waals surface area contributed by atoms with E-state index in [1.54, 1.807) is 0 Å². The van der Waals surface area contributed by atoms with Crippen molar-refractivity contribution in [3.8, 4) is 0 Å². The third kappa shape index (κ3) is 2.92. The maximum absolute atomic E-state index is 13.0. The molecule has 2 N–H and O–H groups in total. The fraction of sp³-hybridized carbons (Fsp3) is 0.417. The molecule has 2 rings (SSSR count). The summed E-state index contributed by atoms with van der Waals surface area (Å²) in [5, 5.41) is 0. The summed E-state index contributed by atoms with van der Waals surface area (Å²) in [6.07, 6.45) is -4.30. The van der Waals surface area contributed by atoms with E-state index < -0.39 is 11.7 Å². The Morgan fingerprint density at radius 3 is 2.63 bits per heavy atom. The molecule has 7 heteroatoms. The topological polar surface area (TPSA) is 46.3 Å². The molecule has 1 aliphatic rings. The van der Waals surface area contributed by atoms with Crippen molar-refractivity contribution in [2.24, 2.45) is 11.7 Å². The molecule has 3 nitrogen and oxygen atoms in total. The van der Waals surface area contributed by atoms with Crippen LogP contribution in [0.4, 0.5) is 18.9 Å². The molecule has 0 aromatic heterocycles. The molecular formula is C12H12BrF3N2O. The average Bonchev–Trinajstić information content (AvgIpc) is 2.69. The van der Waals surface area contributed by atoms with E-state index in [1.165, 1.54) is 17.0 Å². The normalized spacial score (nSPS) is 20.2. The van der Waals surface area contributed by atoms with Crippen molar-refractivity contribution in [1.29, 1.82) is 0 Å². The van der Waals surface area contributed by atoms with Crippen LogP contribution in [0.25, 0.3) is 0 Å². The lowest BCUT2D eigenvalue weighted by atomic mass is 10.1. The average molecular weight is 337 g/mol. The quantitative estimate of drug-likeness (QED) is 0.902. The van der Waals surface area contributed by atoms with Gasteiger partial charge in [0.1, 0.15) is 0 Å². The number of carbonyl (C=O) groups excluding carboxylic acids is 1. The van der Waals surface area contributed by atoms with Gasteiger partial charge in [0, 0.05) is 17.4 Å². The molecule has 1 saturated heterocycles. The molecule has 1 heterocycles. The van der Waals surface area contributed by atoms with E-state index in [9.17, 15) is 18.0 Å². The molecule has 1 unspecified atom stereocenters. The predicted octanol–water partition coefficient (Wildman–Crippen LogP) is 2.78. The van der Waals surface area contributed by atoms with Gasteiger partial charge in [0.15, 0.2) is 0 Å². The van der Waals surface area contributed by atoms with Gasteiger partial charge in [0.2, 0.25) is 5.91 Å². The SMILES string of the molecule is NCC1CC(=O)N(c2ccc(Br)cc2C(F)(F)F)C1. The van der Waals surface area contributed by atoms with Gasteiger partial charge < -0.3 is 10.6 Å². The zero-order valence-electron chi connectivity index (χ0n) is 9.88. The molecule has 1 aromatic rings. The van der Waals surface area contributed by atoms with Gasteiger partial charge in [-0.25, -0.2) is 0 Å². The number of anilines is 1. The fourth-order valence-corrected chi connectivity index (χ4v) is 2.50. The summed E-state index contributed by atoms with van der Waals surface area (Å²) in [5.41, 5.74) is 4.56. The molecule has 0 bridgehead atoms. The van der Waals surface area contributed by atoms with Crippen molar-refractivity contribution in [3.05, 3.63) is 28.2 Å². The van der Waals surface area contributed by atoms with Crippen molar-refractivity contribution < 1.29 is 18.0 Å². The summed E-state index contributed by atoms with van der Waals surface area (Å²) in [7, 11) is 0. The lowest BCUT2D eigenvalue weighted by Crippen LogP contribution is -2.28. The Bertz CT molecular complexity index is 504. The number of nitrogens with zero attached hydrogens (tertiary/aromatic N) is 1. The lowest BCUT2D eigenvalue weighted by molar-refractivity contribution is -0.137. The minimum absolute atomic E-state index is 0.0859.